The summed E-state index contributed by atoms with van der Waals surface area (Å²) >= 11 is 0. The molecule has 0 aromatic carbocycles. The van der Waals surface area contributed by atoms with Crippen LogP contribution in [0.4, 0.5) is 5.82 Å². The van der Waals surface area contributed by atoms with Gasteiger partial charge in [-0.1, -0.05) is 19.3 Å². The summed E-state index contributed by atoms with van der Waals surface area (Å²) in [4.78, 5) is 22.1. The van der Waals surface area contributed by atoms with Crippen LogP contribution in [0.5, 0.6) is 0 Å². The van der Waals surface area contributed by atoms with Crippen molar-refractivity contribution in [2.75, 3.05) is 25.0 Å². The lowest BCUT2D eigenvalue weighted by Crippen LogP contribution is -2.31. The molecule has 0 radical (unpaired) electrons. The number of carbonyl (C=O) groups is 1. The van der Waals surface area contributed by atoms with Crippen LogP contribution < -0.4 is 10.8 Å². The Bertz CT molecular complexity index is 594. The Morgan fingerprint density at radius 1 is 1.19 bits per heavy atom. The molecule has 152 valence electrons. The highest BCUT2D eigenvalue weighted by Gasteiger charge is 2.25. The normalized spacial score (nSPS) is 20.7. The number of rotatable bonds is 6. The van der Waals surface area contributed by atoms with Crippen LogP contribution in [0.15, 0.2) is 18.5 Å². The predicted molar refractivity (Wildman–Crippen MR) is 111 cm³/mol. The van der Waals surface area contributed by atoms with Gasteiger partial charge in [0.05, 0.1) is 18.1 Å². The first-order valence-corrected chi connectivity index (χ1v) is 9.16. The van der Waals surface area contributed by atoms with Gasteiger partial charge in [-0.25, -0.2) is 10.5 Å². The molecule has 3 N–H and O–H groups in total. The first kappa shape index (κ1) is 23.6. The van der Waals surface area contributed by atoms with Crippen LogP contribution in [0.1, 0.15) is 44.2 Å². The van der Waals surface area contributed by atoms with Crippen molar-refractivity contribution in [1.82, 2.24) is 20.3 Å². The van der Waals surface area contributed by atoms with Gasteiger partial charge in [0.15, 0.2) is 0 Å². The molecule has 27 heavy (non-hydrogen) atoms. The summed E-state index contributed by atoms with van der Waals surface area (Å²) < 4.78 is 0. The molecule has 2 fully saturated rings. The Labute approximate surface area is 172 Å². The number of carbonyl (C=O) groups excluding carboxylic acids is 1. The number of hydroxylamine groups is 1. The Kier molecular flexibility index (Phi) is 10.6. The van der Waals surface area contributed by atoms with Crippen molar-refractivity contribution < 1.29 is 10.0 Å². The molecule has 0 unspecified atom stereocenters. The molecule has 0 bridgehead atoms. The van der Waals surface area contributed by atoms with E-state index in [4.69, 9.17) is 5.21 Å². The number of nitrogens with one attached hydrogen (secondary N) is 2. The Hall–Kier alpha value is -1.41. The van der Waals surface area contributed by atoms with Crippen molar-refractivity contribution in [3.05, 3.63) is 24.2 Å². The number of amides is 1. The molecule has 2 aliphatic rings. The first-order valence-electron chi connectivity index (χ1n) is 9.16. The lowest BCUT2D eigenvalue weighted by atomic mass is 9.89. The molecule has 1 aliphatic carbocycles. The van der Waals surface area contributed by atoms with Gasteiger partial charge in [-0.15, -0.1) is 24.8 Å². The molecule has 2 heterocycles. The molecule has 1 saturated heterocycles. The monoisotopic (exact) mass is 417 g/mol. The number of likely N-dealkylation sites (tertiary alicyclic amines) is 1. The standard InChI is InChI=1S/C18H27N5O2.2ClH/c24-18(22-25)7-6-15-10-20-17(11-19-15)21-16-8-9-23(13-16)12-14-4-2-1-3-5-14;;/h6-7,10-11,14,16,25H,1-5,8-9,12-13H2,(H,20,21)(H,22,24);2*1H/t16-;;/m1../s1. The zero-order chi connectivity index (χ0) is 17.5. The van der Waals surface area contributed by atoms with Crippen molar-refractivity contribution in [2.24, 2.45) is 5.92 Å². The second-order valence-corrected chi connectivity index (χ2v) is 7.03. The van der Waals surface area contributed by atoms with Gasteiger partial charge in [0, 0.05) is 31.8 Å². The van der Waals surface area contributed by atoms with E-state index in [1.807, 2.05) is 0 Å². The summed E-state index contributed by atoms with van der Waals surface area (Å²) in [5, 5.41) is 11.9. The zero-order valence-corrected chi connectivity index (χ0v) is 17.0. The van der Waals surface area contributed by atoms with E-state index in [9.17, 15) is 4.79 Å². The second kappa shape index (κ2) is 12.1. The molecular weight excluding hydrogens is 389 g/mol. The fraction of sp³-hybridized carbons (Fsp3) is 0.611. The van der Waals surface area contributed by atoms with Crippen LogP contribution in [0.3, 0.4) is 0 Å². The molecule has 7 nitrogen and oxygen atoms in total. The maximum Gasteiger partial charge on any atom is 0.267 e. The van der Waals surface area contributed by atoms with Crippen molar-refractivity contribution in [2.45, 2.75) is 44.6 Å². The Morgan fingerprint density at radius 3 is 2.63 bits per heavy atom. The van der Waals surface area contributed by atoms with Crippen LogP contribution in [0.2, 0.25) is 0 Å². The van der Waals surface area contributed by atoms with Gasteiger partial charge in [-0.05, 0) is 31.3 Å². The van der Waals surface area contributed by atoms with E-state index in [1.165, 1.54) is 56.3 Å². The lowest BCUT2D eigenvalue weighted by molar-refractivity contribution is -0.124. The SMILES string of the molecule is Cl.Cl.O=C(C=Cc1cnc(N[C@@H]2CCN(CC3CCCCC3)C2)cn1)NO. The van der Waals surface area contributed by atoms with E-state index < -0.39 is 5.91 Å². The third-order valence-corrected chi connectivity index (χ3v) is 5.05. The number of hydrogen-bond donors (Lipinski definition) is 3. The minimum atomic E-state index is -0.590. The van der Waals surface area contributed by atoms with Gasteiger partial charge in [-0.3, -0.25) is 15.0 Å². The van der Waals surface area contributed by atoms with E-state index in [1.54, 1.807) is 12.4 Å². The van der Waals surface area contributed by atoms with Crippen molar-refractivity contribution in [3.63, 3.8) is 0 Å². The third-order valence-electron chi connectivity index (χ3n) is 5.05. The van der Waals surface area contributed by atoms with Crippen LogP contribution in [0.25, 0.3) is 6.08 Å². The summed E-state index contributed by atoms with van der Waals surface area (Å²) in [7, 11) is 0. The van der Waals surface area contributed by atoms with Gasteiger partial charge in [0.1, 0.15) is 5.82 Å². The van der Waals surface area contributed by atoms with Crippen molar-refractivity contribution in [3.8, 4) is 0 Å². The van der Waals surface area contributed by atoms with Gasteiger partial charge in [-0.2, -0.15) is 0 Å². The minimum absolute atomic E-state index is 0. The molecule has 1 aromatic rings. The zero-order valence-electron chi connectivity index (χ0n) is 15.3. The minimum Gasteiger partial charge on any atom is -0.365 e. The number of nitrogens with zero attached hydrogens (tertiary/aromatic N) is 3. The summed E-state index contributed by atoms with van der Waals surface area (Å²) in [6.45, 7) is 3.45. The number of aromatic nitrogens is 2. The van der Waals surface area contributed by atoms with E-state index >= 15 is 0 Å². The van der Waals surface area contributed by atoms with Crippen LogP contribution in [-0.2, 0) is 4.79 Å². The van der Waals surface area contributed by atoms with Crippen LogP contribution >= 0.6 is 24.8 Å². The van der Waals surface area contributed by atoms with E-state index in [2.05, 4.69) is 20.2 Å². The van der Waals surface area contributed by atoms with Gasteiger partial charge < -0.3 is 10.2 Å². The lowest BCUT2D eigenvalue weighted by Gasteiger charge is -2.26. The van der Waals surface area contributed by atoms with Gasteiger partial charge >= 0.3 is 0 Å². The number of hydrogen-bond acceptors (Lipinski definition) is 6. The Morgan fingerprint density at radius 2 is 1.96 bits per heavy atom. The molecular formula is C18H29Cl2N5O2. The fourth-order valence-electron chi connectivity index (χ4n) is 3.76. The van der Waals surface area contributed by atoms with Crippen molar-refractivity contribution >= 4 is 42.6 Å². The highest BCUT2D eigenvalue weighted by atomic mass is 35.5. The third kappa shape index (κ3) is 7.62. The predicted octanol–water partition coefficient (Wildman–Crippen LogP) is 2.91. The van der Waals surface area contributed by atoms with Crippen LogP contribution in [0, 0.1) is 5.92 Å². The molecule has 3 rings (SSSR count). The van der Waals surface area contributed by atoms with E-state index in [-0.39, 0.29) is 24.8 Å². The highest BCUT2D eigenvalue weighted by molar-refractivity contribution is 5.90. The maximum atomic E-state index is 10.9. The number of halogens is 2. The van der Waals surface area contributed by atoms with E-state index in [0.29, 0.717) is 11.7 Å². The maximum absolute atomic E-state index is 10.9. The average Bonchev–Trinajstić information content (AvgIpc) is 3.08. The summed E-state index contributed by atoms with van der Waals surface area (Å²) in [5.41, 5.74) is 2.11. The van der Waals surface area contributed by atoms with Gasteiger partial charge in [0.2, 0.25) is 0 Å². The molecule has 1 aromatic heterocycles. The fourth-order valence-corrected chi connectivity index (χ4v) is 3.76. The van der Waals surface area contributed by atoms with E-state index in [0.717, 1.165) is 31.2 Å². The van der Waals surface area contributed by atoms with Crippen LogP contribution in [-0.4, -0.2) is 51.7 Å². The quantitative estimate of drug-likeness (QED) is 0.374. The molecule has 1 aliphatic heterocycles. The summed E-state index contributed by atoms with van der Waals surface area (Å²) in [6.07, 6.45) is 14.1. The second-order valence-electron chi connectivity index (χ2n) is 7.03. The largest absolute Gasteiger partial charge is 0.365 e. The summed E-state index contributed by atoms with van der Waals surface area (Å²) in [6, 6.07) is 0.416. The Balaban J connectivity index is 0.00000182. The first-order chi connectivity index (χ1) is 12.2. The topological polar surface area (TPSA) is 90.4 Å². The van der Waals surface area contributed by atoms with Crippen molar-refractivity contribution in [1.29, 1.82) is 0 Å². The average molecular weight is 418 g/mol. The molecule has 1 amide bonds. The highest BCUT2D eigenvalue weighted by Crippen LogP contribution is 2.26. The summed E-state index contributed by atoms with van der Waals surface area (Å²) in [5.74, 6) is 1.05. The number of anilines is 1. The van der Waals surface area contributed by atoms with Gasteiger partial charge in [0.25, 0.3) is 5.91 Å². The molecule has 1 saturated carbocycles. The molecule has 0 spiro atoms. The molecule has 9 heteroatoms. The molecule has 1 atom stereocenters. The smallest absolute Gasteiger partial charge is 0.267 e.